The third kappa shape index (κ3) is 0.540. The third-order valence-corrected chi connectivity index (χ3v) is 3.34. The van der Waals surface area contributed by atoms with E-state index in [1.165, 1.54) is 12.8 Å². The number of allylic oxidation sites excluding steroid dienone is 2. The third-order valence-electron chi connectivity index (χ3n) is 3.34. The van der Waals surface area contributed by atoms with Gasteiger partial charge in [-0.3, -0.25) is 0 Å². The van der Waals surface area contributed by atoms with Crippen molar-refractivity contribution in [3.05, 3.63) is 12.2 Å². The predicted octanol–water partition coefficient (Wildman–Crippen LogP) is 2.61. The van der Waals surface area contributed by atoms with Gasteiger partial charge in [-0.25, -0.2) is 0 Å². The summed E-state index contributed by atoms with van der Waals surface area (Å²) in [5.41, 5.74) is 0.648. The Balaban J connectivity index is 2.27. The molecule has 0 spiro atoms. The van der Waals surface area contributed by atoms with Gasteiger partial charge >= 0.3 is 0 Å². The van der Waals surface area contributed by atoms with Crippen LogP contribution in [0.4, 0.5) is 0 Å². The van der Waals surface area contributed by atoms with Gasteiger partial charge in [0.1, 0.15) is 0 Å². The normalized spacial score (nSPS) is 44.2. The molecule has 0 aromatic heterocycles. The first-order valence-corrected chi connectivity index (χ1v) is 3.88. The molecule has 2 atom stereocenters. The number of hydrogen-bond donors (Lipinski definition) is 0. The largest absolute Gasteiger partial charge is 0.0879 e. The zero-order chi connectivity index (χ0) is 6.48. The first-order valence-electron chi connectivity index (χ1n) is 3.88. The Morgan fingerprint density at radius 2 is 2.22 bits per heavy atom. The van der Waals surface area contributed by atoms with Gasteiger partial charge in [-0.2, -0.15) is 0 Å². The van der Waals surface area contributed by atoms with Crippen LogP contribution < -0.4 is 0 Å². The fraction of sp³-hybridized carbons (Fsp3) is 0.778. The molecule has 9 heavy (non-hydrogen) atoms. The van der Waals surface area contributed by atoms with Crippen LogP contribution >= 0.6 is 0 Å². The molecule has 0 heterocycles. The summed E-state index contributed by atoms with van der Waals surface area (Å²) < 4.78 is 0. The standard InChI is InChI=1S/C9H14/c1-9(2)7-4-3-5-8(9)6-7/h3-4,7-8H,5-6H2,1-2H3/t7-,8+/m1/s1. The number of rotatable bonds is 0. The van der Waals surface area contributed by atoms with Crippen LogP contribution in [0, 0.1) is 17.3 Å². The summed E-state index contributed by atoms with van der Waals surface area (Å²) in [7, 11) is 0. The van der Waals surface area contributed by atoms with Crippen molar-refractivity contribution in [1.29, 1.82) is 0 Å². The number of fused-ring (bicyclic) bond motifs is 1. The second-order valence-corrected chi connectivity index (χ2v) is 4.02. The minimum absolute atomic E-state index is 0.648. The van der Waals surface area contributed by atoms with Crippen LogP contribution in [0.2, 0.25) is 0 Å². The SMILES string of the molecule is CC1(C)[C@H]2CC=C[C@@H]1C2. The highest BCUT2D eigenvalue weighted by Crippen LogP contribution is 2.56. The molecule has 0 heteroatoms. The van der Waals surface area contributed by atoms with E-state index in [9.17, 15) is 0 Å². The molecular weight excluding hydrogens is 108 g/mol. The van der Waals surface area contributed by atoms with E-state index in [-0.39, 0.29) is 0 Å². The van der Waals surface area contributed by atoms with Crippen molar-refractivity contribution in [2.75, 3.05) is 0 Å². The molecule has 3 rings (SSSR count). The van der Waals surface area contributed by atoms with Crippen molar-refractivity contribution in [3.8, 4) is 0 Å². The fourth-order valence-corrected chi connectivity index (χ4v) is 2.19. The Bertz CT molecular complexity index is 153. The Morgan fingerprint density at radius 1 is 1.44 bits per heavy atom. The lowest BCUT2D eigenvalue weighted by Crippen LogP contribution is -2.45. The van der Waals surface area contributed by atoms with E-state index in [4.69, 9.17) is 0 Å². The van der Waals surface area contributed by atoms with Crippen molar-refractivity contribution < 1.29 is 0 Å². The monoisotopic (exact) mass is 122 g/mol. The molecule has 0 aliphatic heterocycles. The van der Waals surface area contributed by atoms with Crippen LogP contribution in [0.3, 0.4) is 0 Å². The van der Waals surface area contributed by atoms with E-state index in [0.29, 0.717) is 5.41 Å². The maximum absolute atomic E-state index is 2.40. The van der Waals surface area contributed by atoms with Crippen molar-refractivity contribution in [3.63, 3.8) is 0 Å². The summed E-state index contributed by atoms with van der Waals surface area (Å²) in [5, 5.41) is 0. The molecule has 0 nitrogen and oxygen atoms in total. The van der Waals surface area contributed by atoms with Crippen LogP contribution in [0.5, 0.6) is 0 Å². The Labute approximate surface area is 57.0 Å². The van der Waals surface area contributed by atoms with Crippen LogP contribution in [-0.2, 0) is 0 Å². The molecule has 0 radical (unpaired) electrons. The van der Waals surface area contributed by atoms with Crippen molar-refractivity contribution in [2.45, 2.75) is 26.7 Å². The lowest BCUT2D eigenvalue weighted by molar-refractivity contribution is 0.00320. The highest BCUT2D eigenvalue weighted by molar-refractivity contribution is 5.12. The molecule has 0 unspecified atom stereocenters. The summed E-state index contributed by atoms with van der Waals surface area (Å²) in [4.78, 5) is 0. The Kier molecular flexibility index (Phi) is 0.870. The first-order chi connectivity index (χ1) is 4.21. The predicted molar refractivity (Wildman–Crippen MR) is 39.1 cm³/mol. The van der Waals surface area contributed by atoms with Gasteiger partial charge < -0.3 is 0 Å². The average molecular weight is 122 g/mol. The maximum atomic E-state index is 2.40. The van der Waals surface area contributed by atoms with Crippen LogP contribution in [0.25, 0.3) is 0 Å². The van der Waals surface area contributed by atoms with Crippen LogP contribution in [0.15, 0.2) is 12.2 Å². The highest BCUT2D eigenvalue weighted by Gasteiger charge is 2.47. The van der Waals surface area contributed by atoms with Crippen molar-refractivity contribution >= 4 is 0 Å². The summed E-state index contributed by atoms with van der Waals surface area (Å²) in [6, 6.07) is 0. The topological polar surface area (TPSA) is 0 Å². The molecule has 0 N–H and O–H groups in total. The van der Waals surface area contributed by atoms with Gasteiger partial charge in [0.2, 0.25) is 0 Å². The van der Waals surface area contributed by atoms with Gasteiger partial charge in [-0.15, -0.1) is 0 Å². The molecule has 0 aromatic rings. The van der Waals surface area contributed by atoms with E-state index in [1.807, 2.05) is 0 Å². The van der Waals surface area contributed by atoms with E-state index < -0.39 is 0 Å². The van der Waals surface area contributed by atoms with E-state index in [2.05, 4.69) is 26.0 Å². The Hall–Kier alpha value is -0.260. The van der Waals surface area contributed by atoms with Crippen molar-refractivity contribution in [2.24, 2.45) is 17.3 Å². The van der Waals surface area contributed by atoms with E-state index >= 15 is 0 Å². The molecule has 2 bridgehead atoms. The van der Waals surface area contributed by atoms with Gasteiger partial charge in [-0.05, 0) is 30.1 Å². The lowest BCUT2D eigenvalue weighted by atomic mass is 9.51. The van der Waals surface area contributed by atoms with Crippen LogP contribution in [0.1, 0.15) is 26.7 Å². The van der Waals surface area contributed by atoms with Crippen LogP contribution in [-0.4, -0.2) is 0 Å². The molecule has 3 aliphatic rings. The van der Waals surface area contributed by atoms with E-state index in [1.54, 1.807) is 0 Å². The van der Waals surface area contributed by atoms with Gasteiger partial charge in [-0.1, -0.05) is 26.0 Å². The Morgan fingerprint density at radius 3 is 2.44 bits per heavy atom. The average Bonchev–Trinajstić information content (AvgIpc) is 1.89. The minimum atomic E-state index is 0.648. The first kappa shape index (κ1) is 5.52. The van der Waals surface area contributed by atoms with Crippen molar-refractivity contribution in [1.82, 2.24) is 0 Å². The second-order valence-electron chi connectivity index (χ2n) is 4.02. The maximum Gasteiger partial charge on any atom is -0.0176 e. The van der Waals surface area contributed by atoms with Gasteiger partial charge in [0.15, 0.2) is 0 Å². The summed E-state index contributed by atoms with van der Waals surface area (Å²) in [6.45, 7) is 4.80. The quantitative estimate of drug-likeness (QED) is 0.433. The molecule has 3 aliphatic carbocycles. The summed E-state index contributed by atoms with van der Waals surface area (Å²) in [6.07, 6.45) is 7.55. The highest BCUT2D eigenvalue weighted by atomic mass is 14.5. The molecule has 0 aromatic carbocycles. The molecule has 50 valence electrons. The van der Waals surface area contributed by atoms with E-state index in [0.717, 1.165) is 11.8 Å². The van der Waals surface area contributed by atoms with Gasteiger partial charge in [0.05, 0.1) is 0 Å². The van der Waals surface area contributed by atoms with Gasteiger partial charge in [0, 0.05) is 0 Å². The zero-order valence-corrected chi connectivity index (χ0v) is 6.22. The fourth-order valence-electron chi connectivity index (χ4n) is 2.19. The summed E-state index contributed by atoms with van der Waals surface area (Å²) in [5.74, 6) is 1.92. The van der Waals surface area contributed by atoms with Gasteiger partial charge in [0.25, 0.3) is 0 Å². The lowest BCUT2D eigenvalue weighted by Gasteiger charge is -2.53. The smallest absolute Gasteiger partial charge is 0.0176 e. The second kappa shape index (κ2) is 1.42. The molecule has 0 amide bonds. The molecule has 0 saturated heterocycles. The number of hydrogen-bond acceptors (Lipinski definition) is 0. The molecule has 1 saturated carbocycles. The molecular formula is C9H14. The summed E-state index contributed by atoms with van der Waals surface area (Å²) >= 11 is 0. The zero-order valence-electron chi connectivity index (χ0n) is 6.22. The minimum Gasteiger partial charge on any atom is -0.0879 e. The molecule has 1 fully saturated rings.